The van der Waals surface area contributed by atoms with Gasteiger partial charge in [0, 0.05) is 24.1 Å². The Morgan fingerprint density at radius 2 is 2.20 bits per heavy atom. The summed E-state index contributed by atoms with van der Waals surface area (Å²) in [6.07, 6.45) is 4.82. The summed E-state index contributed by atoms with van der Waals surface area (Å²) in [6.45, 7) is 0.764. The lowest BCUT2D eigenvalue weighted by molar-refractivity contribution is -0.385. The number of hydrogen-bond acceptors (Lipinski definition) is 4. The summed E-state index contributed by atoms with van der Waals surface area (Å²) in [5.74, 6) is 0.159. The molecule has 3 atom stereocenters. The average molecular weight is 276 g/mol. The Kier molecular flexibility index (Phi) is 3.48. The standard InChI is InChI=1S/C15H20N2O3/c18-15-7-2-1-6-13(15)14(16-9-8-15)11-4-3-5-12(10-11)17(19)20/h3-5,10,13-14,16,18H,1-2,6-9H2/t13-,14+,15-/m1/s1. The van der Waals surface area contributed by atoms with Crippen LogP contribution in [0.3, 0.4) is 0 Å². The van der Waals surface area contributed by atoms with E-state index in [-0.39, 0.29) is 22.6 Å². The van der Waals surface area contributed by atoms with Crippen molar-refractivity contribution in [1.29, 1.82) is 0 Å². The SMILES string of the molecule is O=[N+]([O-])c1cccc([C@@H]2NCC[C@]3(O)CCCC[C@H]23)c1. The molecular formula is C15H20N2O3. The number of nitro groups is 1. The van der Waals surface area contributed by atoms with E-state index in [2.05, 4.69) is 5.32 Å². The summed E-state index contributed by atoms with van der Waals surface area (Å²) in [5, 5.41) is 25.2. The summed E-state index contributed by atoms with van der Waals surface area (Å²) < 4.78 is 0. The smallest absolute Gasteiger partial charge is 0.269 e. The molecule has 0 unspecified atom stereocenters. The molecule has 0 radical (unpaired) electrons. The lowest BCUT2D eigenvalue weighted by Gasteiger charge is -2.48. The highest BCUT2D eigenvalue weighted by atomic mass is 16.6. The summed E-state index contributed by atoms with van der Waals surface area (Å²) in [6, 6.07) is 6.82. The van der Waals surface area contributed by atoms with Gasteiger partial charge in [0.05, 0.1) is 10.5 Å². The molecule has 1 saturated carbocycles. The topological polar surface area (TPSA) is 75.4 Å². The molecule has 1 aliphatic carbocycles. The zero-order valence-corrected chi connectivity index (χ0v) is 11.4. The number of nitrogens with one attached hydrogen (secondary N) is 1. The van der Waals surface area contributed by atoms with Crippen LogP contribution in [-0.4, -0.2) is 22.2 Å². The fourth-order valence-electron chi connectivity index (χ4n) is 3.81. The molecule has 1 aromatic rings. The third-order valence-corrected chi connectivity index (χ3v) is 4.83. The number of piperidine rings is 1. The lowest BCUT2D eigenvalue weighted by Crippen LogP contribution is -2.53. The Labute approximate surface area is 118 Å². The first-order chi connectivity index (χ1) is 9.60. The minimum atomic E-state index is -0.598. The summed E-state index contributed by atoms with van der Waals surface area (Å²) in [5.41, 5.74) is 0.442. The van der Waals surface area contributed by atoms with Crippen molar-refractivity contribution in [1.82, 2.24) is 5.32 Å². The van der Waals surface area contributed by atoms with Crippen LogP contribution in [0.5, 0.6) is 0 Å². The van der Waals surface area contributed by atoms with Gasteiger partial charge in [-0.15, -0.1) is 0 Å². The molecule has 108 valence electrons. The quantitative estimate of drug-likeness (QED) is 0.643. The van der Waals surface area contributed by atoms with Crippen LogP contribution in [0.1, 0.15) is 43.7 Å². The van der Waals surface area contributed by atoms with E-state index in [4.69, 9.17) is 0 Å². The monoisotopic (exact) mass is 276 g/mol. The number of hydrogen-bond donors (Lipinski definition) is 2. The van der Waals surface area contributed by atoms with Crippen molar-refractivity contribution in [3.8, 4) is 0 Å². The van der Waals surface area contributed by atoms with E-state index in [1.165, 1.54) is 6.07 Å². The van der Waals surface area contributed by atoms with Crippen molar-refractivity contribution in [3.63, 3.8) is 0 Å². The van der Waals surface area contributed by atoms with Crippen LogP contribution in [0.4, 0.5) is 5.69 Å². The number of non-ortho nitro benzene ring substituents is 1. The van der Waals surface area contributed by atoms with Crippen LogP contribution in [0.2, 0.25) is 0 Å². The number of fused-ring (bicyclic) bond motifs is 1. The van der Waals surface area contributed by atoms with Gasteiger partial charge in [-0.1, -0.05) is 25.0 Å². The van der Waals surface area contributed by atoms with Crippen molar-refractivity contribution < 1.29 is 10.0 Å². The van der Waals surface area contributed by atoms with E-state index in [1.54, 1.807) is 12.1 Å². The van der Waals surface area contributed by atoms with Crippen LogP contribution < -0.4 is 5.32 Å². The van der Waals surface area contributed by atoms with Gasteiger partial charge < -0.3 is 10.4 Å². The second-order valence-electron chi connectivity index (χ2n) is 5.99. The Morgan fingerprint density at radius 3 is 3.00 bits per heavy atom. The molecule has 2 N–H and O–H groups in total. The highest BCUT2D eigenvalue weighted by Gasteiger charge is 2.45. The van der Waals surface area contributed by atoms with Gasteiger partial charge in [0.2, 0.25) is 0 Å². The first-order valence-electron chi connectivity index (χ1n) is 7.30. The zero-order valence-electron chi connectivity index (χ0n) is 11.4. The molecule has 3 rings (SSSR count). The van der Waals surface area contributed by atoms with E-state index in [9.17, 15) is 15.2 Å². The molecule has 5 heteroatoms. The Balaban J connectivity index is 1.92. The molecule has 0 amide bonds. The van der Waals surface area contributed by atoms with Gasteiger partial charge >= 0.3 is 0 Å². The first kappa shape index (κ1) is 13.5. The number of nitrogens with zero attached hydrogens (tertiary/aromatic N) is 1. The number of nitro benzene ring substituents is 1. The Bertz CT molecular complexity index is 516. The molecule has 2 aliphatic rings. The molecule has 5 nitrogen and oxygen atoms in total. The van der Waals surface area contributed by atoms with Crippen molar-refractivity contribution in [2.45, 2.75) is 43.7 Å². The minimum absolute atomic E-state index is 0.0222. The maximum atomic E-state index is 10.9. The molecule has 1 aromatic carbocycles. The Hall–Kier alpha value is -1.46. The molecule has 0 aromatic heterocycles. The third kappa shape index (κ3) is 2.31. The molecule has 1 saturated heterocycles. The highest BCUT2D eigenvalue weighted by Crippen LogP contribution is 2.45. The fourth-order valence-corrected chi connectivity index (χ4v) is 3.81. The fraction of sp³-hybridized carbons (Fsp3) is 0.600. The van der Waals surface area contributed by atoms with Crippen LogP contribution in [0.25, 0.3) is 0 Å². The van der Waals surface area contributed by atoms with Gasteiger partial charge in [-0.05, 0) is 31.4 Å². The normalized spacial score (nSPS) is 33.5. The summed E-state index contributed by atoms with van der Waals surface area (Å²) in [4.78, 5) is 10.6. The van der Waals surface area contributed by atoms with Crippen LogP contribution in [0, 0.1) is 16.0 Å². The second kappa shape index (κ2) is 5.14. The number of rotatable bonds is 2. The number of benzene rings is 1. The molecule has 0 spiro atoms. The molecule has 20 heavy (non-hydrogen) atoms. The van der Waals surface area contributed by atoms with Crippen molar-refractivity contribution in [2.75, 3.05) is 6.54 Å². The Morgan fingerprint density at radius 1 is 1.35 bits per heavy atom. The summed E-state index contributed by atoms with van der Waals surface area (Å²) in [7, 11) is 0. The number of aliphatic hydroxyl groups is 1. The first-order valence-corrected chi connectivity index (χ1v) is 7.30. The van der Waals surface area contributed by atoms with E-state index in [0.29, 0.717) is 0 Å². The van der Waals surface area contributed by atoms with Crippen LogP contribution in [0.15, 0.2) is 24.3 Å². The van der Waals surface area contributed by atoms with Gasteiger partial charge in [0.25, 0.3) is 5.69 Å². The average Bonchev–Trinajstić information content (AvgIpc) is 2.46. The highest BCUT2D eigenvalue weighted by molar-refractivity contribution is 5.36. The molecule has 0 bridgehead atoms. The second-order valence-corrected chi connectivity index (χ2v) is 5.99. The van der Waals surface area contributed by atoms with Crippen molar-refractivity contribution in [3.05, 3.63) is 39.9 Å². The van der Waals surface area contributed by atoms with E-state index < -0.39 is 5.60 Å². The van der Waals surface area contributed by atoms with Crippen LogP contribution in [-0.2, 0) is 0 Å². The van der Waals surface area contributed by atoms with Crippen LogP contribution >= 0.6 is 0 Å². The maximum absolute atomic E-state index is 10.9. The predicted octanol–water partition coefficient (Wildman–Crippen LogP) is 2.55. The summed E-state index contributed by atoms with van der Waals surface area (Å²) >= 11 is 0. The van der Waals surface area contributed by atoms with E-state index in [0.717, 1.165) is 44.2 Å². The third-order valence-electron chi connectivity index (χ3n) is 4.83. The lowest BCUT2D eigenvalue weighted by atomic mass is 9.67. The van der Waals surface area contributed by atoms with Gasteiger partial charge in [-0.25, -0.2) is 0 Å². The van der Waals surface area contributed by atoms with E-state index in [1.807, 2.05) is 6.07 Å². The van der Waals surface area contributed by atoms with Crippen molar-refractivity contribution in [2.24, 2.45) is 5.92 Å². The maximum Gasteiger partial charge on any atom is 0.269 e. The largest absolute Gasteiger partial charge is 0.389 e. The predicted molar refractivity (Wildman–Crippen MR) is 75.4 cm³/mol. The van der Waals surface area contributed by atoms with Crippen molar-refractivity contribution >= 4 is 5.69 Å². The van der Waals surface area contributed by atoms with Gasteiger partial charge in [-0.3, -0.25) is 10.1 Å². The molecular weight excluding hydrogens is 256 g/mol. The van der Waals surface area contributed by atoms with E-state index >= 15 is 0 Å². The van der Waals surface area contributed by atoms with Gasteiger partial charge in [0.1, 0.15) is 0 Å². The molecule has 1 heterocycles. The zero-order chi connectivity index (χ0) is 14.2. The van der Waals surface area contributed by atoms with Gasteiger partial charge in [0.15, 0.2) is 0 Å². The molecule has 1 aliphatic heterocycles. The minimum Gasteiger partial charge on any atom is -0.389 e. The molecule has 2 fully saturated rings. The van der Waals surface area contributed by atoms with Gasteiger partial charge in [-0.2, -0.15) is 0 Å².